The third-order valence-corrected chi connectivity index (χ3v) is 4.93. The van der Waals surface area contributed by atoms with Gasteiger partial charge < -0.3 is 9.47 Å². The van der Waals surface area contributed by atoms with Crippen LogP contribution in [0.2, 0.25) is 0 Å². The molecule has 0 aliphatic carbocycles. The van der Waals surface area contributed by atoms with Gasteiger partial charge in [0.05, 0.1) is 18.8 Å². The average molecular weight is 394 g/mol. The molecule has 1 aromatic carbocycles. The highest BCUT2D eigenvalue weighted by atomic mass is 32.1. The van der Waals surface area contributed by atoms with E-state index in [0.29, 0.717) is 28.7 Å². The Bertz CT molecular complexity index is 777. The molecule has 0 N–H and O–H groups in total. The molecular formula is C19H23FN2O4S. The van der Waals surface area contributed by atoms with Gasteiger partial charge in [0.1, 0.15) is 10.7 Å². The molecular weight excluding hydrogens is 371 g/mol. The second-order valence-electron chi connectivity index (χ2n) is 5.83. The van der Waals surface area contributed by atoms with Crippen LogP contribution in [0.4, 0.5) is 9.52 Å². The van der Waals surface area contributed by atoms with Crippen molar-refractivity contribution >= 4 is 28.3 Å². The number of benzene rings is 1. The van der Waals surface area contributed by atoms with Crippen LogP contribution < -0.4 is 4.90 Å². The summed E-state index contributed by atoms with van der Waals surface area (Å²) in [6.07, 6.45) is 0.854. The number of nitrogens with zero attached hydrogens (tertiary/aromatic N) is 2. The van der Waals surface area contributed by atoms with Crippen LogP contribution in [0, 0.1) is 12.7 Å². The minimum absolute atomic E-state index is 0.138. The van der Waals surface area contributed by atoms with Gasteiger partial charge in [-0.25, -0.2) is 14.2 Å². The molecule has 1 heterocycles. The van der Waals surface area contributed by atoms with E-state index in [0.717, 1.165) is 16.9 Å². The number of amides is 1. The maximum atomic E-state index is 13.2. The van der Waals surface area contributed by atoms with Crippen molar-refractivity contribution < 1.29 is 23.5 Å². The number of rotatable bonds is 9. The monoisotopic (exact) mass is 394 g/mol. The molecule has 0 saturated carbocycles. The molecule has 0 saturated heterocycles. The summed E-state index contributed by atoms with van der Waals surface area (Å²) in [5.74, 6) is -0.931. The molecule has 0 unspecified atom stereocenters. The summed E-state index contributed by atoms with van der Waals surface area (Å²) >= 11 is 1.12. The summed E-state index contributed by atoms with van der Waals surface area (Å²) in [5, 5.41) is 0.419. The van der Waals surface area contributed by atoms with Crippen molar-refractivity contribution in [1.82, 2.24) is 4.98 Å². The Hall–Kier alpha value is -2.32. The fraction of sp³-hybridized carbons (Fsp3) is 0.421. The number of hydrogen-bond donors (Lipinski definition) is 0. The Balaban J connectivity index is 2.28. The minimum Gasteiger partial charge on any atom is -0.462 e. The fourth-order valence-electron chi connectivity index (χ4n) is 2.42. The summed E-state index contributed by atoms with van der Waals surface area (Å²) in [6.45, 7) is 4.41. The number of methoxy groups -OCH3 is 1. The molecule has 1 amide bonds. The first-order chi connectivity index (χ1) is 13.0. The summed E-state index contributed by atoms with van der Waals surface area (Å²) in [4.78, 5) is 31.1. The lowest BCUT2D eigenvalue weighted by Gasteiger charge is -2.20. The number of aromatic nitrogens is 1. The van der Waals surface area contributed by atoms with Crippen molar-refractivity contribution in [2.45, 2.75) is 33.2 Å². The SMILES string of the molecule is CCOC(=O)c1sc(N(Cc2ccc(F)cc2)C(=O)CCCOC)nc1C. The zero-order chi connectivity index (χ0) is 19.8. The van der Waals surface area contributed by atoms with Gasteiger partial charge in [0.2, 0.25) is 5.91 Å². The molecule has 27 heavy (non-hydrogen) atoms. The van der Waals surface area contributed by atoms with E-state index in [1.807, 2.05) is 0 Å². The van der Waals surface area contributed by atoms with Crippen LogP contribution in [-0.2, 0) is 20.8 Å². The lowest BCUT2D eigenvalue weighted by molar-refractivity contribution is -0.119. The van der Waals surface area contributed by atoms with E-state index in [-0.39, 0.29) is 31.3 Å². The van der Waals surface area contributed by atoms with Crippen molar-refractivity contribution in [3.05, 3.63) is 46.2 Å². The van der Waals surface area contributed by atoms with Crippen molar-refractivity contribution in [1.29, 1.82) is 0 Å². The molecule has 6 nitrogen and oxygen atoms in total. The number of ether oxygens (including phenoxy) is 2. The smallest absolute Gasteiger partial charge is 0.350 e. The molecule has 0 bridgehead atoms. The van der Waals surface area contributed by atoms with E-state index in [2.05, 4.69) is 4.98 Å². The molecule has 0 radical (unpaired) electrons. The maximum Gasteiger partial charge on any atom is 0.350 e. The number of halogens is 1. The maximum absolute atomic E-state index is 13.2. The Morgan fingerprint density at radius 3 is 2.59 bits per heavy atom. The van der Waals surface area contributed by atoms with Crippen LogP contribution in [0.15, 0.2) is 24.3 Å². The number of esters is 1. The highest BCUT2D eigenvalue weighted by molar-refractivity contribution is 7.17. The van der Waals surface area contributed by atoms with Crippen LogP contribution in [-0.4, -0.2) is 37.2 Å². The Labute approximate surface area is 161 Å². The van der Waals surface area contributed by atoms with Gasteiger partial charge in [-0.2, -0.15) is 0 Å². The van der Waals surface area contributed by atoms with E-state index < -0.39 is 5.97 Å². The first kappa shape index (κ1) is 21.0. The van der Waals surface area contributed by atoms with Crippen LogP contribution in [0.5, 0.6) is 0 Å². The summed E-state index contributed by atoms with van der Waals surface area (Å²) in [5.41, 5.74) is 1.28. The van der Waals surface area contributed by atoms with Crippen LogP contribution in [0.1, 0.15) is 40.7 Å². The molecule has 0 fully saturated rings. The second-order valence-corrected chi connectivity index (χ2v) is 6.81. The molecule has 0 atom stereocenters. The van der Waals surface area contributed by atoms with Gasteiger partial charge in [-0.1, -0.05) is 23.5 Å². The number of hydrogen-bond acceptors (Lipinski definition) is 6. The number of anilines is 1. The largest absolute Gasteiger partial charge is 0.462 e. The van der Waals surface area contributed by atoms with Gasteiger partial charge in [-0.15, -0.1) is 0 Å². The Kier molecular flexibility index (Phi) is 7.87. The summed E-state index contributed by atoms with van der Waals surface area (Å²) < 4.78 is 23.2. The molecule has 2 rings (SSSR count). The van der Waals surface area contributed by atoms with Crippen molar-refractivity contribution in [2.24, 2.45) is 0 Å². The van der Waals surface area contributed by atoms with Gasteiger partial charge in [-0.3, -0.25) is 9.69 Å². The highest BCUT2D eigenvalue weighted by Crippen LogP contribution is 2.29. The van der Waals surface area contributed by atoms with E-state index in [1.54, 1.807) is 33.1 Å². The van der Waals surface area contributed by atoms with Gasteiger partial charge in [0, 0.05) is 20.1 Å². The lowest BCUT2D eigenvalue weighted by Crippen LogP contribution is -2.30. The van der Waals surface area contributed by atoms with E-state index in [9.17, 15) is 14.0 Å². The third kappa shape index (κ3) is 5.83. The minimum atomic E-state index is -0.452. The van der Waals surface area contributed by atoms with E-state index in [1.165, 1.54) is 17.0 Å². The quantitative estimate of drug-likeness (QED) is 0.479. The van der Waals surface area contributed by atoms with E-state index in [4.69, 9.17) is 9.47 Å². The van der Waals surface area contributed by atoms with Gasteiger partial charge in [0.25, 0.3) is 0 Å². The third-order valence-electron chi connectivity index (χ3n) is 3.77. The van der Waals surface area contributed by atoms with E-state index >= 15 is 0 Å². The molecule has 0 aliphatic rings. The number of carbonyl (C=O) groups excluding carboxylic acids is 2. The molecule has 1 aromatic heterocycles. The summed E-state index contributed by atoms with van der Waals surface area (Å²) in [7, 11) is 1.58. The molecule has 0 aliphatic heterocycles. The fourth-order valence-corrected chi connectivity index (χ4v) is 3.40. The number of carbonyl (C=O) groups is 2. The predicted octanol–water partition coefficient (Wildman–Crippen LogP) is 3.73. The predicted molar refractivity (Wildman–Crippen MR) is 102 cm³/mol. The van der Waals surface area contributed by atoms with Gasteiger partial charge in [0.15, 0.2) is 5.13 Å². The molecule has 146 valence electrons. The number of thiazole rings is 1. The highest BCUT2D eigenvalue weighted by Gasteiger charge is 2.24. The average Bonchev–Trinajstić information content (AvgIpc) is 3.03. The normalized spacial score (nSPS) is 10.7. The second kappa shape index (κ2) is 10.1. The molecule has 8 heteroatoms. The first-order valence-corrected chi connectivity index (χ1v) is 9.46. The lowest BCUT2D eigenvalue weighted by atomic mass is 10.2. The van der Waals surface area contributed by atoms with Crippen LogP contribution in [0.25, 0.3) is 0 Å². The van der Waals surface area contributed by atoms with Crippen molar-refractivity contribution in [3.8, 4) is 0 Å². The van der Waals surface area contributed by atoms with Crippen molar-refractivity contribution in [2.75, 3.05) is 25.2 Å². The van der Waals surface area contributed by atoms with Crippen LogP contribution >= 0.6 is 11.3 Å². The van der Waals surface area contributed by atoms with Crippen LogP contribution in [0.3, 0.4) is 0 Å². The van der Waals surface area contributed by atoms with Crippen molar-refractivity contribution in [3.63, 3.8) is 0 Å². The molecule has 0 spiro atoms. The standard InChI is InChI=1S/C19H23FN2O4S/c1-4-26-18(24)17-13(2)21-19(27-17)22(16(23)6-5-11-25-3)12-14-7-9-15(20)10-8-14/h7-10H,4-6,11-12H2,1-3H3. The van der Waals surface area contributed by atoms with Gasteiger partial charge >= 0.3 is 5.97 Å². The number of aryl methyl sites for hydroxylation is 1. The summed E-state index contributed by atoms with van der Waals surface area (Å²) in [6, 6.07) is 5.94. The zero-order valence-corrected chi connectivity index (χ0v) is 16.5. The Morgan fingerprint density at radius 2 is 1.96 bits per heavy atom. The topological polar surface area (TPSA) is 68.7 Å². The zero-order valence-electron chi connectivity index (χ0n) is 15.7. The first-order valence-electron chi connectivity index (χ1n) is 8.64. The molecule has 2 aromatic rings. The van der Waals surface area contributed by atoms with Gasteiger partial charge in [-0.05, 0) is 38.0 Å². The Morgan fingerprint density at radius 1 is 1.26 bits per heavy atom.